The summed E-state index contributed by atoms with van der Waals surface area (Å²) in [5.74, 6) is -0.181. The second-order valence-corrected chi connectivity index (χ2v) is 4.58. The Balaban J connectivity index is 0.00000361. The predicted octanol–water partition coefficient (Wildman–Crippen LogP) is 2.04. The van der Waals surface area contributed by atoms with Gasteiger partial charge in [0.2, 0.25) is 5.91 Å². The second-order valence-electron chi connectivity index (χ2n) is 4.58. The van der Waals surface area contributed by atoms with Crippen LogP contribution in [0.2, 0.25) is 0 Å². The smallest absolute Gasteiger partial charge is 0.220 e. The molecule has 0 bridgehead atoms. The molecule has 1 rings (SSSR count). The van der Waals surface area contributed by atoms with Crippen LogP contribution in [-0.4, -0.2) is 25.6 Å². The lowest BCUT2D eigenvalue weighted by Gasteiger charge is -2.08. The molecule has 0 aliphatic rings. The number of nitrogens with one attached hydrogen (secondary N) is 1. The molecule has 0 fully saturated rings. The number of ether oxygens (including phenoxy) is 1. The summed E-state index contributed by atoms with van der Waals surface area (Å²) in [6.07, 6.45) is 1.68. The van der Waals surface area contributed by atoms with Crippen molar-refractivity contribution in [1.82, 2.24) is 5.32 Å². The number of halogens is 2. The first-order valence-electron chi connectivity index (χ1n) is 6.37. The lowest BCUT2D eigenvalue weighted by atomic mass is 10.1. The Morgan fingerprint density at radius 2 is 2.20 bits per heavy atom. The maximum atomic E-state index is 13.4. The maximum Gasteiger partial charge on any atom is 0.220 e. The van der Waals surface area contributed by atoms with Crippen LogP contribution < -0.4 is 15.8 Å². The van der Waals surface area contributed by atoms with Gasteiger partial charge in [-0.2, -0.15) is 0 Å². The molecule has 0 saturated carbocycles. The zero-order valence-electron chi connectivity index (χ0n) is 11.8. The second kappa shape index (κ2) is 9.55. The molecule has 1 unspecified atom stereocenters. The molecule has 0 aliphatic carbocycles. The average Bonchev–Trinajstić information content (AvgIpc) is 2.36. The Morgan fingerprint density at radius 1 is 1.50 bits per heavy atom. The summed E-state index contributed by atoms with van der Waals surface area (Å²) in [7, 11) is 1.43. The average molecular weight is 305 g/mol. The van der Waals surface area contributed by atoms with Crippen molar-refractivity contribution in [2.45, 2.75) is 32.2 Å². The lowest BCUT2D eigenvalue weighted by Crippen LogP contribution is -2.27. The molecule has 0 aromatic heterocycles. The number of hydrogen-bond donors (Lipinski definition) is 2. The van der Waals surface area contributed by atoms with Crippen molar-refractivity contribution in [2.24, 2.45) is 5.73 Å². The van der Waals surface area contributed by atoms with Crippen LogP contribution in [0.5, 0.6) is 5.75 Å². The Labute approximate surface area is 125 Å². The van der Waals surface area contributed by atoms with Crippen LogP contribution in [0.25, 0.3) is 0 Å². The highest BCUT2D eigenvalue weighted by Crippen LogP contribution is 2.17. The van der Waals surface area contributed by atoms with Crippen LogP contribution in [0.3, 0.4) is 0 Å². The number of hydrogen-bond acceptors (Lipinski definition) is 3. The summed E-state index contributed by atoms with van der Waals surface area (Å²) in [5.41, 5.74) is 6.40. The van der Waals surface area contributed by atoms with E-state index in [-0.39, 0.29) is 35.9 Å². The van der Waals surface area contributed by atoms with Gasteiger partial charge in [0.1, 0.15) is 0 Å². The number of rotatable bonds is 7. The highest BCUT2D eigenvalue weighted by molar-refractivity contribution is 5.85. The van der Waals surface area contributed by atoms with Crippen molar-refractivity contribution >= 4 is 18.3 Å². The zero-order chi connectivity index (χ0) is 14.3. The largest absolute Gasteiger partial charge is 0.494 e. The van der Waals surface area contributed by atoms with Crippen molar-refractivity contribution in [3.8, 4) is 5.75 Å². The van der Waals surface area contributed by atoms with E-state index in [2.05, 4.69) is 5.32 Å². The van der Waals surface area contributed by atoms with E-state index in [0.717, 1.165) is 5.56 Å². The molecule has 0 saturated heterocycles. The summed E-state index contributed by atoms with van der Waals surface area (Å²) < 4.78 is 18.3. The van der Waals surface area contributed by atoms with Gasteiger partial charge in [-0.15, -0.1) is 12.4 Å². The first kappa shape index (κ1) is 18.7. The van der Waals surface area contributed by atoms with E-state index in [9.17, 15) is 9.18 Å². The van der Waals surface area contributed by atoms with E-state index < -0.39 is 0 Å². The standard InChI is InChI=1S/C14H21FN2O2.ClH/c1-10(16)3-6-14(18)17-8-7-11-4-5-13(19-2)12(15)9-11;/h4-5,9-10H,3,6-8,16H2,1-2H3,(H,17,18);1H. The Morgan fingerprint density at radius 3 is 2.75 bits per heavy atom. The molecule has 114 valence electrons. The summed E-state index contributed by atoms with van der Waals surface area (Å²) in [6.45, 7) is 2.36. The highest BCUT2D eigenvalue weighted by atomic mass is 35.5. The minimum Gasteiger partial charge on any atom is -0.494 e. The quantitative estimate of drug-likeness (QED) is 0.810. The van der Waals surface area contributed by atoms with Gasteiger partial charge >= 0.3 is 0 Å². The SMILES string of the molecule is COc1ccc(CCNC(=O)CCC(C)N)cc1F.Cl. The van der Waals surface area contributed by atoms with Gasteiger partial charge < -0.3 is 15.8 Å². The van der Waals surface area contributed by atoms with Crippen LogP contribution in [0, 0.1) is 5.82 Å². The summed E-state index contributed by atoms with van der Waals surface area (Å²) in [5, 5.41) is 2.79. The van der Waals surface area contributed by atoms with Crippen LogP contribution >= 0.6 is 12.4 Å². The summed E-state index contributed by atoms with van der Waals surface area (Å²) in [4.78, 5) is 11.4. The number of benzene rings is 1. The normalized spacial score (nSPS) is 11.4. The van der Waals surface area contributed by atoms with Gasteiger partial charge in [0.25, 0.3) is 0 Å². The summed E-state index contributed by atoms with van der Waals surface area (Å²) >= 11 is 0. The predicted molar refractivity (Wildman–Crippen MR) is 79.8 cm³/mol. The third kappa shape index (κ3) is 6.73. The zero-order valence-corrected chi connectivity index (χ0v) is 12.6. The minimum absolute atomic E-state index is 0. The van der Waals surface area contributed by atoms with E-state index in [0.29, 0.717) is 25.8 Å². The van der Waals surface area contributed by atoms with Crippen molar-refractivity contribution in [1.29, 1.82) is 0 Å². The fourth-order valence-corrected chi connectivity index (χ4v) is 1.66. The third-order valence-electron chi connectivity index (χ3n) is 2.78. The van der Waals surface area contributed by atoms with Gasteiger partial charge in [-0.1, -0.05) is 6.07 Å². The van der Waals surface area contributed by atoms with Crippen LogP contribution in [0.4, 0.5) is 4.39 Å². The van der Waals surface area contributed by atoms with E-state index in [4.69, 9.17) is 10.5 Å². The molecule has 1 atom stereocenters. The molecule has 1 aromatic carbocycles. The van der Waals surface area contributed by atoms with Gasteiger partial charge in [-0.3, -0.25) is 4.79 Å². The van der Waals surface area contributed by atoms with E-state index >= 15 is 0 Å². The molecule has 4 nitrogen and oxygen atoms in total. The van der Waals surface area contributed by atoms with Gasteiger partial charge in [-0.25, -0.2) is 4.39 Å². The first-order valence-corrected chi connectivity index (χ1v) is 6.37. The van der Waals surface area contributed by atoms with Crippen molar-refractivity contribution in [3.05, 3.63) is 29.6 Å². The Bertz CT molecular complexity index is 428. The molecule has 0 radical (unpaired) electrons. The monoisotopic (exact) mass is 304 g/mol. The van der Waals surface area contributed by atoms with E-state index in [1.165, 1.54) is 13.2 Å². The van der Waals surface area contributed by atoms with E-state index in [1.807, 2.05) is 6.92 Å². The molecule has 3 N–H and O–H groups in total. The highest BCUT2D eigenvalue weighted by Gasteiger charge is 2.05. The van der Waals surface area contributed by atoms with Gasteiger partial charge in [0, 0.05) is 19.0 Å². The molecule has 6 heteroatoms. The minimum atomic E-state index is -0.386. The molecule has 0 heterocycles. The molecule has 1 amide bonds. The lowest BCUT2D eigenvalue weighted by molar-refractivity contribution is -0.121. The fourth-order valence-electron chi connectivity index (χ4n) is 1.66. The first-order chi connectivity index (χ1) is 9.02. The third-order valence-corrected chi connectivity index (χ3v) is 2.78. The molecule has 20 heavy (non-hydrogen) atoms. The van der Waals surface area contributed by atoms with Gasteiger partial charge in [0.05, 0.1) is 7.11 Å². The fraction of sp³-hybridized carbons (Fsp3) is 0.500. The Hall–Kier alpha value is -1.33. The number of carbonyl (C=O) groups is 1. The van der Waals surface area contributed by atoms with Crippen LogP contribution in [-0.2, 0) is 11.2 Å². The summed E-state index contributed by atoms with van der Waals surface area (Å²) in [6, 6.07) is 4.83. The van der Waals surface area contributed by atoms with Crippen LogP contribution in [0.15, 0.2) is 18.2 Å². The molecular formula is C14H22ClFN2O2. The molecule has 0 aliphatic heterocycles. The Kier molecular flexibility index (Phi) is 8.92. The van der Waals surface area contributed by atoms with Crippen molar-refractivity contribution in [2.75, 3.05) is 13.7 Å². The number of carbonyl (C=O) groups excluding carboxylic acids is 1. The van der Waals surface area contributed by atoms with E-state index in [1.54, 1.807) is 12.1 Å². The topological polar surface area (TPSA) is 64.3 Å². The maximum absolute atomic E-state index is 13.4. The number of nitrogens with two attached hydrogens (primary N) is 1. The van der Waals surface area contributed by atoms with Crippen LogP contribution in [0.1, 0.15) is 25.3 Å². The van der Waals surface area contributed by atoms with Gasteiger partial charge in [0.15, 0.2) is 11.6 Å². The van der Waals surface area contributed by atoms with Crippen molar-refractivity contribution in [3.63, 3.8) is 0 Å². The number of amides is 1. The van der Waals surface area contributed by atoms with Gasteiger partial charge in [-0.05, 0) is 37.5 Å². The molecule has 1 aromatic rings. The molecular weight excluding hydrogens is 283 g/mol. The number of methoxy groups -OCH3 is 1. The van der Waals surface area contributed by atoms with Crippen molar-refractivity contribution < 1.29 is 13.9 Å². The molecule has 0 spiro atoms.